The molecule has 0 radical (unpaired) electrons. The Kier molecular flexibility index (Phi) is 4.66. The summed E-state index contributed by atoms with van der Waals surface area (Å²) in [5.41, 5.74) is 1.18. The van der Waals surface area contributed by atoms with Gasteiger partial charge in [-0.05, 0) is 43.3 Å². The molecule has 23 heavy (non-hydrogen) atoms. The van der Waals surface area contributed by atoms with Crippen LogP contribution < -0.4 is 10.6 Å². The number of carbonyl (C=O) groups is 2. The van der Waals surface area contributed by atoms with Gasteiger partial charge in [0.2, 0.25) is 5.91 Å². The van der Waals surface area contributed by atoms with Crippen molar-refractivity contribution < 1.29 is 14.3 Å². The second-order valence-corrected chi connectivity index (χ2v) is 6.64. The monoisotopic (exact) mass is 316 g/mol. The minimum Gasteiger partial charge on any atom is -0.467 e. The van der Waals surface area contributed by atoms with Gasteiger partial charge in [-0.3, -0.25) is 4.79 Å². The molecule has 2 unspecified atom stereocenters. The highest BCUT2D eigenvalue weighted by Crippen LogP contribution is 2.58. The normalized spacial score (nSPS) is 23.1. The summed E-state index contributed by atoms with van der Waals surface area (Å²) < 4.78 is 4.86. The van der Waals surface area contributed by atoms with Crippen LogP contribution in [0.3, 0.4) is 0 Å². The lowest BCUT2D eigenvalue weighted by atomic mass is 9.91. The number of hydrogen-bond donors (Lipinski definition) is 2. The van der Waals surface area contributed by atoms with Gasteiger partial charge in [0, 0.05) is 12.3 Å². The van der Waals surface area contributed by atoms with E-state index in [0.717, 1.165) is 37.9 Å². The van der Waals surface area contributed by atoms with Gasteiger partial charge in [0.25, 0.3) is 0 Å². The summed E-state index contributed by atoms with van der Waals surface area (Å²) in [6.07, 6.45) is 3.50. The van der Waals surface area contributed by atoms with Gasteiger partial charge in [-0.25, -0.2) is 4.79 Å². The Balaban J connectivity index is 1.62. The Morgan fingerprint density at radius 3 is 2.65 bits per heavy atom. The van der Waals surface area contributed by atoms with E-state index in [2.05, 4.69) is 10.6 Å². The zero-order valence-electron chi connectivity index (χ0n) is 13.5. The fraction of sp³-hybridized carbons (Fsp3) is 0.556. The molecule has 5 nitrogen and oxygen atoms in total. The van der Waals surface area contributed by atoms with Gasteiger partial charge in [-0.1, -0.05) is 30.3 Å². The third-order valence-corrected chi connectivity index (χ3v) is 5.19. The predicted molar refractivity (Wildman–Crippen MR) is 86.7 cm³/mol. The molecule has 1 amide bonds. The summed E-state index contributed by atoms with van der Waals surface area (Å²) in [6, 6.07) is 9.07. The molecule has 1 spiro atoms. The van der Waals surface area contributed by atoms with Crippen molar-refractivity contribution >= 4 is 11.9 Å². The number of amides is 1. The van der Waals surface area contributed by atoms with Crippen molar-refractivity contribution in [3.63, 3.8) is 0 Å². The van der Waals surface area contributed by atoms with Gasteiger partial charge >= 0.3 is 5.97 Å². The lowest BCUT2D eigenvalue weighted by Gasteiger charge is -2.24. The average Bonchev–Trinajstić information content (AvgIpc) is 3.28. The molecule has 2 atom stereocenters. The van der Waals surface area contributed by atoms with E-state index >= 15 is 0 Å². The predicted octanol–water partition coefficient (Wildman–Crippen LogP) is 1.28. The van der Waals surface area contributed by atoms with Crippen LogP contribution in [0.5, 0.6) is 0 Å². The number of piperidine rings is 1. The highest BCUT2D eigenvalue weighted by molar-refractivity contribution is 5.88. The van der Waals surface area contributed by atoms with Crippen molar-refractivity contribution in [2.24, 2.45) is 11.3 Å². The van der Waals surface area contributed by atoms with E-state index in [4.69, 9.17) is 4.74 Å². The Bertz CT molecular complexity index is 567. The molecule has 0 bridgehead atoms. The van der Waals surface area contributed by atoms with Crippen molar-refractivity contribution in [3.05, 3.63) is 35.9 Å². The van der Waals surface area contributed by atoms with Crippen molar-refractivity contribution in [2.45, 2.75) is 31.7 Å². The van der Waals surface area contributed by atoms with E-state index in [9.17, 15) is 9.59 Å². The number of rotatable bonds is 5. The summed E-state index contributed by atoms with van der Waals surface area (Å²) in [4.78, 5) is 24.6. The molecular weight excluding hydrogens is 292 g/mol. The van der Waals surface area contributed by atoms with Crippen molar-refractivity contribution in [3.8, 4) is 0 Å². The number of methoxy groups -OCH3 is 1. The summed E-state index contributed by atoms with van der Waals surface area (Å²) >= 11 is 0. The minimum atomic E-state index is -0.616. The zero-order valence-corrected chi connectivity index (χ0v) is 13.5. The van der Waals surface area contributed by atoms with Crippen LogP contribution in [0.25, 0.3) is 0 Å². The molecule has 5 heteroatoms. The Morgan fingerprint density at radius 2 is 2.00 bits per heavy atom. The fourth-order valence-corrected chi connectivity index (χ4v) is 3.65. The molecule has 124 valence electrons. The van der Waals surface area contributed by atoms with E-state index in [1.807, 2.05) is 30.3 Å². The first kappa shape index (κ1) is 16.0. The SMILES string of the molecule is COC(=O)C(Cc1ccccc1)NC(=O)C1CC12CCNCC2. The van der Waals surface area contributed by atoms with Gasteiger partial charge in [0.15, 0.2) is 0 Å². The molecule has 0 aromatic heterocycles. The van der Waals surface area contributed by atoms with Crippen LogP contribution in [-0.4, -0.2) is 38.1 Å². The molecule has 1 aliphatic heterocycles. The lowest BCUT2D eigenvalue weighted by Crippen LogP contribution is -2.44. The number of esters is 1. The number of ether oxygens (including phenoxy) is 1. The number of carbonyl (C=O) groups excluding carboxylic acids is 2. The molecule has 2 N–H and O–H groups in total. The number of hydrogen-bond acceptors (Lipinski definition) is 4. The highest BCUT2D eigenvalue weighted by Gasteiger charge is 2.57. The first-order chi connectivity index (χ1) is 11.1. The lowest BCUT2D eigenvalue weighted by molar-refractivity contribution is -0.145. The summed E-state index contributed by atoms with van der Waals surface area (Å²) in [5.74, 6) is -0.340. The molecule has 2 fully saturated rings. The Hall–Kier alpha value is -1.88. The largest absolute Gasteiger partial charge is 0.467 e. The molecule has 1 saturated heterocycles. The molecular formula is C18H24N2O3. The van der Waals surface area contributed by atoms with Crippen LogP contribution in [0, 0.1) is 11.3 Å². The maximum Gasteiger partial charge on any atom is 0.328 e. The van der Waals surface area contributed by atoms with Gasteiger partial charge in [-0.2, -0.15) is 0 Å². The summed E-state index contributed by atoms with van der Waals surface area (Å²) in [5, 5.41) is 6.25. The van der Waals surface area contributed by atoms with Gasteiger partial charge in [0.05, 0.1) is 7.11 Å². The molecule has 1 aromatic rings. The topological polar surface area (TPSA) is 67.4 Å². The van der Waals surface area contributed by atoms with Crippen molar-refractivity contribution in [1.82, 2.24) is 10.6 Å². The third-order valence-electron chi connectivity index (χ3n) is 5.19. The molecule has 1 aromatic carbocycles. The molecule has 2 aliphatic rings. The van der Waals surface area contributed by atoms with Crippen LogP contribution in [-0.2, 0) is 20.7 Å². The second kappa shape index (κ2) is 6.71. The van der Waals surface area contributed by atoms with Crippen LogP contribution in [0.15, 0.2) is 30.3 Å². The summed E-state index contributed by atoms with van der Waals surface area (Å²) in [7, 11) is 1.36. The third kappa shape index (κ3) is 3.55. The van der Waals surface area contributed by atoms with E-state index in [-0.39, 0.29) is 23.2 Å². The molecule has 1 aliphatic carbocycles. The first-order valence-corrected chi connectivity index (χ1v) is 8.27. The molecule has 3 rings (SSSR count). The summed E-state index contributed by atoms with van der Waals surface area (Å²) in [6.45, 7) is 1.96. The molecule has 1 saturated carbocycles. The van der Waals surface area contributed by atoms with E-state index in [1.54, 1.807) is 0 Å². The maximum atomic E-state index is 12.6. The Morgan fingerprint density at radius 1 is 1.30 bits per heavy atom. The van der Waals surface area contributed by atoms with E-state index in [0.29, 0.717) is 6.42 Å². The standard InChI is InChI=1S/C18H24N2O3/c1-23-17(22)15(11-13-5-3-2-4-6-13)20-16(21)14-12-18(14)7-9-19-10-8-18/h2-6,14-15,19H,7-12H2,1H3,(H,20,21). The maximum absolute atomic E-state index is 12.6. The molecule has 1 heterocycles. The fourth-order valence-electron chi connectivity index (χ4n) is 3.65. The van der Waals surface area contributed by atoms with Gasteiger partial charge in [0.1, 0.15) is 6.04 Å². The Labute approximate surface area is 136 Å². The zero-order chi connectivity index (χ0) is 16.3. The van der Waals surface area contributed by atoms with E-state index in [1.165, 1.54) is 7.11 Å². The smallest absolute Gasteiger partial charge is 0.328 e. The van der Waals surface area contributed by atoms with E-state index < -0.39 is 6.04 Å². The number of benzene rings is 1. The minimum absolute atomic E-state index is 0.00164. The average molecular weight is 316 g/mol. The van der Waals surface area contributed by atoms with Crippen molar-refractivity contribution in [1.29, 1.82) is 0 Å². The second-order valence-electron chi connectivity index (χ2n) is 6.64. The van der Waals surface area contributed by atoms with Crippen LogP contribution >= 0.6 is 0 Å². The first-order valence-electron chi connectivity index (χ1n) is 8.27. The van der Waals surface area contributed by atoms with Gasteiger partial charge in [-0.15, -0.1) is 0 Å². The quantitative estimate of drug-likeness (QED) is 0.803. The number of nitrogens with one attached hydrogen (secondary N) is 2. The van der Waals surface area contributed by atoms with Crippen LogP contribution in [0.2, 0.25) is 0 Å². The van der Waals surface area contributed by atoms with Gasteiger partial charge < -0.3 is 15.4 Å². The highest BCUT2D eigenvalue weighted by atomic mass is 16.5. The van der Waals surface area contributed by atoms with Crippen LogP contribution in [0.1, 0.15) is 24.8 Å². The van der Waals surface area contributed by atoms with Crippen molar-refractivity contribution in [2.75, 3.05) is 20.2 Å². The van der Waals surface area contributed by atoms with Crippen LogP contribution in [0.4, 0.5) is 0 Å².